The molecule has 2 heteroatoms. The molecule has 0 saturated carbocycles. The molecule has 0 saturated heterocycles. The van der Waals surface area contributed by atoms with Crippen LogP contribution in [0.4, 0.5) is 0 Å². The van der Waals surface area contributed by atoms with Crippen LogP contribution in [-0.4, -0.2) is 18.4 Å². The van der Waals surface area contributed by atoms with Crippen molar-refractivity contribution in [3.8, 4) is 0 Å². The second-order valence-corrected chi connectivity index (χ2v) is 4.78. The number of unbranched alkanes of at least 4 members (excludes halogenated alkanes) is 3. The molecule has 0 aromatic heterocycles. The normalized spacial score (nSPS) is 11.1. The lowest BCUT2D eigenvalue weighted by Crippen LogP contribution is -2.23. The molecule has 14 heavy (non-hydrogen) atoms. The quantitative estimate of drug-likeness (QED) is 0.465. The Bertz CT molecular complexity index is 102. The molecule has 0 aliphatic heterocycles. The first kappa shape index (κ1) is 14.4. The Labute approximate surface area is 98.2 Å². The van der Waals surface area contributed by atoms with Crippen molar-refractivity contribution < 1.29 is 0 Å². The average molecular weight is 264 g/mol. The van der Waals surface area contributed by atoms with E-state index in [2.05, 4.69) is 35.1 Å². The van der Waals surface area contributed by atoms with Gasteiger partial charge in [0.1, 0.15) is 0 Å². The van der Waals surface area contributed by atoms with Gasteiger partial charge >= 0.3 is 0 Å². The van der Waals surface area contributed by atoms with Gasteiger partial charge in [-0.3, -0.25) is 0 Å². The van der Waals surface area contributed by atoms with E-state index < -0.39 is 0 Å². The molecule has 0 spiro atoms. The number of alkyl halides is 1. The van der Waals surface area contributed by atoms with E-state index in [-0.39, 0.29) is 0 Å². The molecule has 0 bridgehead atoms. The van der Waals surface area contributed by atoms with E-state index in [0.717, 1.165) is 11.2 Å². The molecule has 0 fully saturated rings. The second-order valence-electron chi connectivity index (χ2n) is 3.99. The molecule has 0 radical (unpaired) electrons. The minimum atomic E-state index is 0.887. The summed E-state index contributed by atoms with van der Waals surface area (Å²) >= 11 is 3.45. The van der Waals surface area contributed by atoms with Gasteiger partial charge in [0, 0.05) is 5.33 Å². The van der Waals surface area contributed by atoms with E-state index >= 15 is 0 Å². The van der Waals surface area contributed by atoms with Gasteiger partial charge in [-0.15, -0.1) is 0 Å². The van der Waals surface area contributed by atoms with Gasteiger partial charge in [0.25, 0.3) is 0 Å². The molecule has 0 aliphatic rings. The van der Waals surface area contributed by atoms with Gasteiger partial charge < -0.3 is 5.32 Å². The summed E-state index contributed by atoms with van der Waals surface area (Å²) in [5.41, 5.74) is 0. The van der Waals surface area contributed by atoms with Crippen LogP contribution in [-0.2, 0) is 0 Å². The van der Waals surface area contributed by atoms with Crippen molar-refractivity contribution in [3.63, 3.8) is 0 Å². The van der Waals surface area contributed by atoms with Crippen LogP contribution in [0.5, 0.6) is 0 Å². The van der Waals surface area contributed by atoms with E-state index in [9.17, 15) is 0 Å². The standard InChI is InChI=1S/C12H26BrN/c1-3-12(4-2)11-14-10-8-6-5-7-9-13/h12,14H,3-11H2,1-2H3. The van der Waals surface area contributed by atoms with Crippen LogP contribution in [0.1, 0.15) is 52.4 Å². The highest BCUT2D eigenvalue weighted by Gasteiger charge is 2.01. The molecular formula is C12H26BrN. The Balaban J connectivity index is 3.04. The van der Waals surface area contributed by atoms with Crippen molar-refractivity contribution in [2.75, 3.05) is 18.4 Å². The summed E-state index contributed by atoms with van der Waals surface area (Å²) in [4.78, 5) is 0. The highest BCUT2D eigenvalue weighted by Crippen LogP contribution is 2.05. The third kappa shape index (κ3) is 9.01. The molecule has 0 aromatic carbocycles. The van der Waals surface area contributed by atoms with Crippen molar-refractivity contribution in [2.24, 2.45) is 5.92 Å². The fourth-order valence-corrected chi connectivity index (χ4v) is 1.98. The first-order valence-electron chi connectivity index (χ1n) is 6.11. The van der Waals surface area contributed by atoms with Gasteiger partial charge in [-0.25, -0.2) is 0 Å². The fraction of sp³-hybridized carbons (Fsp3) is 1.00. The zero-order chi connectivity index (χ0) is 10.6. The molecule has 0 unspecified atom stereocenters. The summed E-state index contributed by atoms with van der Waals surface area (Å²) in [6.45, 7) is 6.99. The maximum atomic E-state index is 3.55. The van der Waals surface area contributed by atoms with Gasteiger partial charge in [-0.2, -0.15) is 0 Å². The summed E-state index contributed by atoms with van der Waals surface area (Å²) in [7, 11) is 0. The lowest BCUT2D eigenvalue weighted by molar-refractivity contribution is 0.444. The summed E-state index contributed by atoms with van der Waals surface area (Å²) in [5.74, 6) is 0.887. The smallest absolute Gasteiger partial charge is 0.00313 e. The Morgan fingerprint density at radius 2 is 1.64 bits per heavy atom. The molecule has 1 N–H and O–H groups in total. The maximum absolute atomic E-state index is 3.55. The highest BCUT2D eigenvalue weighted by molar-refractivity contribution is 9.09. The first-order valence-corrected chi connectivity index (χ1v) is 7.23. The summed E-state index contributed by atoms with van der Waals surface area (Å²) in [5, 5.41) is 4.71. The van der Waals surface area contributed by atoms with Crippen molar-refractivity contribution in [2.45, 2.75) is 52.4 Å². The predicted molar refractivity (Wildman–Crippen MR) is 69.2 cm³/mol. The molecule has 0 amide bonds. The number of hydrogen-bond acceptors (Lipinski definition) is 1. The molecule has 0 aromatic rings. The van der Waals surface area contributed by atoms with Crippen molar-refractivity contribution in [1.82, 2.24) is 5.32 Å². The largest absolute Gasteiger partial charge is 0.316 e. The summed E-state index contributed by atoms with van der Waals surface area (Å²) in [6.07, 6.45) is 8.04. The van der Waals surface area contributed by atoms with E-state index in [0.29, 0.717) is 0 Å². The molecule has 1 nitrogen and oxygen atoms in total. The minimum Gasteiger partial charge on any atom is -0.316 e. The number of nitrogens with one attached hydrogen (secondary N) is 1. The van der Waals surface area contributed by atoms with Gasteiger partial charge in [0.2, 0.25) is 0 Å². The number of rotatable bonds is 10. The molecule has 0 atom stereocenters. The van der Waals surface area contributed by atoms with Gasteiger partial charge in [-0.05, 0) is 31.8 Å². The summed E-state index contributed by atoms with van der Waals surface area (Å²) < 4.78 is 0. The Morgan fingerprint density at radius 1 is 1.00 bits per heavy atom. The van der Waals surface area contributed by atoms with E-state index in [1.807, 2.05) is 0 Å². The Hall–Kier alpha value is 0.440. The van der Waals surface area contributed by atoms with Crippen molar-refractivity contribution in [3.05, 3.63) is 0 Å². The molecular weight excluding hydrogens is 238 g/mol. The van der Waals surface area contributed by atoms with E-state index in [1.165, 1.54) is 51.6 Å². The van der Waals surface area contributed by atoms with Crippen LogP contribution in [0.25, 0.3) is 0 Å². The Kier molecular flexibility index (Phi) is 11.9. The monoisotopic (exact) mass is 263 g/mol. The lowest BCUT2D eigenvalue weighted by Gasteiger charge is -2.12. The van der Waals surface area contributed by atoms with E-state index in [4.69, 9.17) is 0 Å². The number of hydrogen-bond donors (Lipinski definition) is 1. The molecule has 86 valence electrons. The van der Waals surface area contributed by atoms with Crippen LogP contribution in [0.3, 0.4) is 0 Å². The van der Waals surface area contributed by atoms with Gasteiger partial charge in [0.15, 0.2) is 0 Å². The maximum Gasteiger partial charge on any atom is 0.00313 e. The average Bonchev–Trinajstić information content (AvgIpc) is 2.22. The van der Waals surface area contributed by atoms with Crippen LogP contribution >= 0.6 is 15.9 Å². The fourth-order valence-electron chi connectivity index (χ4n) is 1.58. The predicted octanol–water partition coefficient (Wildman–Crippen LogP) is 3.97. The summed E-state index contributed by atoms with van der Waals surface area (Å²) in [6, 6.07) is 0. The molecule has 0 rings (SSSR count). The zero-order valence-electron chi connectivity index (χ0n) is 9.82. The van der Waals surface area contributed by atoms with Crippen LogP contribution in [0, 0.1) is 5.92 Å². The van der Waals surface area contributed by atoms with Crippen LogP contribution in [0.15, 0.2) is 0 Å². The highest BCUT2D eigenvalue weighted by atomic mass is 79.9. The lowest BCUT2D eigenvalue weighted by atomic mass is 10.0. The van der Waals surface area contributed by atoms with Crippen LogP contribution in [0.2, 0.25) is 0 Å². The van der Waals surface area contributed by atoms with Gasteiger partial charge in [0.05, 0.1) is 0 Å². The topological polar surface area (TPSA) is 12.0 Å². The third-order valence-electron chi connectivity index (χ3n) is 2.82. The van der Waals surface area contributed by atoms with Crippen molar-refractivity contribution >= 4 is 15.9 Å². The second kappa shape index (κ2) is 11.5. The first-order chi connectivity index (χ1) is 6.85. The number of halogens is 1. The SMILES string of the molecule is CCC(CC)CNCCCCCCBr. The van der Waals surface area contributed by atoms with Gasteiger partial charge in [-0.1, -0.05) is 55.5 Å². The van der Waals surface area contributed by atoms with Crippen LogP contribution < -0.4 is 5.32 Å². The molecule has 0 aliphatic carbocycles. The Morgan fingerprint density at radius 3 is 2.21 bits per heavy atom. The van der Waals surface area contributed by atoms with Crippen molar-refractivity contribution in [1.29, 1.82) is 0 Å². The zero-order valence-corrected chi connectivity index (χ0v) is 11.4. The molecule has 0 heterocycles. The van der Waals surface area contributed by atoms with E-state index in [1.54, 1.807) is 0 Å². The third-order valence-corrected chi connectivity index (χ3v) is 3.39. The minimum absolute atomic E-state index is 0.887.